The second-order valence-corrected chi connectivity index (χ2v) is 6.41. The number of nitrogens with zero attached hydrogens (tertiary/aromatic N) is 2. The second kappa shape index (κ2) is 7.18. The number of aromatic nitrogens is 2. The first-order valence-electron chi connectivity index (χ1n) is 8.57. The number of halogens is 1. The number of fused-ring (bicyclic) bond motifs is 1. The first-order chi connectivity index (χ1) is 12.8. The quantitative estimate of drug-likeness (QED) is 0.465. The fourth-order valence-electron chi connectivity index (χ4n) is 3.06. The number of nitrogens with one attached hydrogen (secondary N) is 1. The van der Waals surface area contributed by atoms with Crippen LogP contribution in [-0.2, 0) is 0 Å². The minimum atomic E-state index is 0.125. The van der Waals surface area contributed by atoms with Crippen molar-refractivity contribution >= 4 is 28.5 Å². The van der Waals surface area contributed by atoms with Gasteiger partial charge < -0.3 is 9.73 Å². The van der Waals surface area contributed by atoms with Crippen molar-refractivity contribution in [3.05, 3.63) is 77.6 Å². The van der Waals surface area contributed by atoms with Gasteiger partial charge in [0, 0.05) is 5.56 Å². The number of hydrogen-bond acceptors (Lipinski definition) is 4. The van der Waals surface area contributed by atoms with Crippen LogP contribution in [0, 0.1) is 0 Å². The lowest BCUT2D eigenvalue weighted by Crippen LogP contribution is -2.11. The average Bonchev–Trinajstić information content (AvgIpc) is 3.05. The molecule has 0 fully saturated rings. The van der Waals surface area contributed by atoms with Gasteiger partial charge in [0.1, 0.15) is 22.6 Å². The predicted molar refractivity (Wildman–Crippen MR) is 105 cm³/mol. The van der Waals surface area contributed by atoms with E-state index in [9.17, 15) is 0 Å². The van der Waals surface area contributed by atoms with Crippen LogP contribution < -0.4 is 5.32 Å². The van der Waals surface area contributed by atoms with Crippen LogP contribution in [-0.4, -0.2) is 9.97 Å². The van der Waals surface area contributed by atoms with E-state index in [4.69, 9.17) is 16.0 Å². The van der Waals surface area contributed by atoms with Gasteiger partial charge in [-0.3, -0.25) is 0 Å². The molecule has 0 aliphatic rings. The summed E-state index contributed by atoms with van der Waals surface area (Å²) in [5.41, 5.74) is 2.59. The van der Waals surface area contributed by atoms with Crippen molar-refractivity contribution in [3.8, 4) is 11.3 Å². The van der Waals surface area contributed by atoms with Gasteiger partial charge in [-0.05, 0) is 12.0 Å². The Kier molecular flexibility index (Phi) is 4.59. The molecule has 0 saturated carbocycles. The number of hydrogen-bond donors (Lipinski definition) is 1. The molecule has 0 radical (unpaired) electrons. The van der Waals surface area contributed by atoms with Crippen LogP contribution in [0.15, 0.2) is 71.4 Å². The van der Waals surface area contributed by atoms with Crippen LogP contribution in [0.4, 0.5) is 5.82 Å². The maximum absolute atomic E-state index is 6.66. The van der Waals surface area contributed by atoms with E-state index in [-0.39, 0.29) is 6.04 Å². The third-order valence-corrected chi connectivity index (χ3v) is 4.75. The zero-order valence-corrected chi connectivity index (χ0v) is 15.1. The zero-order valence-electron chi connectivity index (χ0n) is 14.3. The average molecular weight is 364 g/mol. The Morgan fingerprint density at radius 3 is 2.38 bits per heavy atom. The van der Waals surface area contributed by atoms with Gasteiger partial charge >= 0.3 is 0 Å². The van der Waals surface area contributed by atoms with Crippen molar-refractivity contribution in [2.24, 2.45) is 0 Å². The minimum absolute atomic E-state index is 0.125. The standard InChI is InChI=1S/C21H18ClN3O/c1-2-16(14-9-5-3-6-10-14)25-20-17-18(22)19(15-11-7-4-8-12-15)26-21(17)24-13-23-20/h3-13,16H,2H2,1H3,(H,23,24,25). The van der Waals surface area contributed by atoms with Crippen molar-refractivity contribution < 1.29 is 4.42 Å². The van der Waals surface area contributed by atoms with Crippen LogP contribution in [0.1, 0.15) is 24.9 Å². The summed E-state index contributed by atoms with van der Waals surface area (Å²) in [4.78, 5) is 8.67. The molecular weight excluding hydrogens is 346 g/mol. The molecule has 1 unspecified atom stereocenters. The molecule has 1 N–H and O–H groups in total. The van der Waals surface area contributed by atoms with Crippen molar-refractivity contribution in [2.45, 2.75) is 19.4 Å². The molecule has 4 aromatic rings. The maximum Gasteiger partial charge on any atom is 0.233 e. The molecule has 0 saturated heterocycles. The van der Waals surface area contributed by atoms with E-state index in [1.807, 2.05) is 48.5 Å². The third-order valence-electron chi connectivity index (χ3n) is 4.39. The first kappa shape index (κ1) is 16.6. The summed E-state index contributed by atoms with van der Waals surface area (Å²) in [6.07, 6.45) is 2.41. The fraction of sp³-hybridized carbons (Fsp3) is 0.143. The lowest BCUT2D eigenvalue weighted by atomic mass is 10.0. The van der Waals surface area contributed by atoms with E-state index >= 15 is 0 Å². The number of anilines is 1. The fourth-order valence-corrected chi connectivity index (χ4v) is 3.37. The summed E-state index contributed by atoms with van der Waals surface area (Å²) in [6, 6.07) is 20.2. The van der Waals surface area contributed by atoms with Crippen molar-refractivity contribution in [1.29, 1.82) is 0 Å². The van der Waals surface area contributed by atoms with Gasteiger partial charge in [0.15, 0.2) is 5.76 Å². The van der Waals surface area contributed by atoms with E-state index < -0.39 is 0 Å². The summed E-state index contributed by atoms with van der Waals surface area (Å²) in [5, 5.41) is 4.73. The molecule has 0 bridgehead atoms. The molecular formula is C21H18ClN3O. The molecule has 0 spiro atoms. The van der Waals surface area contributed by atoms with E-state index in [2.05, 4.69) is 34.3 Å². The predicted octanol–water partition coefficient (Wildman–Crippen LogP) is 6.11. The van der Waals surface area contributed by atoms with Crippen LogP contribution in [0.2, 0.25) is 5.02 Å². The van der Waals surface area contributed by atoms with Gasteiger partial charge in [0.05, 0.1) is 6.04 Å². The Morgan fingerprint density at radius 2 is 1.69 bits per heavy atom. The van der Waals surface area contributed by atoms with E-state index in [0.717, 1.165) is 12.0 Å². The Morgan fingerprint density at radius 1 is 1.00 bits per heavy atom. The molecule has 2 aromatic carbocycles. The van der Waals surface area contributed by atoms with Crippen LogP contribution in [0.5, 0.6) is 0 Å². The van der Waals surface area contributed by atoms with Crippen molar-refractivity contribution in [1.82, 2.24) is 9.97 Å². The Bertz CT molecular complexity index is 1020. The lowest BCUT2D eigenvalue weighted by molar-refractivity contribution is 0.617. The summed E-state index contributed by atoms with van der Waals surface area (Å²) in [5.74, 6) is 1.29. The van der Waals surface area contributed by atoms with Gasteiger partial charge in [0.25, 0.3) is 0 Å². The molecule has 2 heterocycles. The van der Waals surface area contributed by atoms with E-state index in [1.165, 1.54) is 11.9 Å². The Balaban J connectivity index is 1.77. The minimum Gasteiger partial charge on any atom is -0.436 e. The monoisotopic (exact) mass is 363 g/mol. The summed E-state index contributed by atoms with van der Waals surface area (Å²) in [7, 11) is 0. The van der Waals surface area contributed by atoms with Crippen LogP contribution >= 0.6 is 11.6 Å². The Hall–Kier alpha value is -2.85. The van der Waals surface area contributed by atoms with Gasteiger partial charge in [-0.15, -0.1) is 0 Å². The van der Waals surface area contributed by atoms with Crippen molar-refractivity contribution in [2.75, 3.05) is 5.32 Å². The highest BCUT2D eigenvalue weighted by atomic mass is 35.5. The Labute approximate surface area is 156 Å². The molecule has 0 aliphatic carbocycles. The topological polar surface area (TPSA) is 51.0 Å². The summed E-state index contributed by atoms with van der Waals surface area (Å²) in [6.45, 7) is 2.13. The summed E-state index contributed by atoms with van der Waals surface area (Å²) >= 11 is 6.66. The molecule has 4 rings (SSSR count). The van der Waals surface area contributed by atoms with E-state index in [1.54, 1.807) is 0 Å². The molecule has 4 nitrogen and oxygen atoms in total. The van der Waals surface area contributed by atoms with E-state index in [0.29, 0.717) is 27.7 Å². The largest absolute Gasteiger partial charge is 0.436 e. The normalized spacial score (nSPS) is 12.2. The van der Waals surface area contributed by atoms with Crippen LogP contribution in [0.3, 0.4) is 0 Å². The maximum atomic E-state index is 6.66. The second-order valence-electron chi connectivity index (χ2n) is 6.03. The smallest absolute Gasteiger partial charge is 0.233 e. The molecule has 130 valence electrons. The van der Waals surface area contributed by atoms with Gasteiger partial charge in [-0.2, -0.15) is 0 Å². The van der Waals surface area contributed by atoms with Gasteiger partial charge in [-0.25, -0.2) is 9.97 Å². The third kappa shape index (κ3) is 3.04. The number of rotatable bonds is 5. The SMILES string of the molecule is CCC(Nc1ncnc2oc(-c3ccccc3)c(Cl)c12)c1ccccc1. The first-order valence-corrected chi connectivity index (χ1v) is 8.95. The van der Waals surface area contributed by atoms with Crippen LogP contribution in [0.25, 0.3) is 22.4 Å². The number of benzene rings is 2. The summed E-state index contributed by atoms with van der Waals surface area (Å²) < 4.78 is 5.92. The molecule has 2 aromatic heterocycles. The highest BCUT2D eigenvalue weighted by Gasteiger charge is 2.20. The molecule has 26 heavy (non-hydrogen) atoms. The molecule has 0 amide bonds. The molecule has 1 atom stereocenters. The zero-order chi connectivity index (χ0) is 17.9. The van der Waals surface area contributed by atoms with Gasteiger partial charge in [-0.1, -0.05) is 79.2 Å². The lowest BCUT2D eigenvalue weighted by Gasteiger charge is -2.18. The van der Waals surface area contributed by atoms with Crippen molar-refractivity contribution in [3.63, 3.8) is 0 Å². The number of furan rings is 1. The highest BCUT2D eigenvalue weighted by molar-refractivity contribution is 6.38. The molecule has 0 aliphatic heterocycles. The molecule has 5 heteroatoms. The highest BCUT2D eigenvalue weighted by Crippen LogP contribution is 2.40. The van der Waals surface area contributed by atoms with Gasteiger partial charge in [0.2, 0.25) is 5.71 Å².